The van der Waals surface area contributed by atoms with Crippen LogP contribution in [0.3, 0.4) is 0 Å². The van der Waals surface area contributed by atoms with Gasteiger partial charge in [-0.3, -0.25) is 4.79 Å². The van der Waals surface area contributed by atoms with E-state index in [2.05, 4.69) is 15.6 Å². The number of benzene rings is 1. The second-order valence-electron chi connectivity index (χ2n) is 6.62. The molecule has 0 bridgehead atoms. The van der Waals surface area contributed by atoms with Crippen molar-refractivity contribution in [1.29, 1.82) is 0 Å². The molecule has 0 aliphatic carbocycles. The van der Waals surface area contributed by atoms with E-state index in [4.69, 9.17) is 4.74 Å². The minimum absolute atomic E-state index is 0. The number of methoxy groups -OCH3 is 1. The van der Waals surface area contributed by atoms with Crippen LogP contribution >= 0.6 is 24.0 Å². The maximum absolute atomic E-state index is 13.5. The van der Waals surface area contributed by atoms with Gasteiger partial charge in [-0.1, -0.05) is 26.0 Å². The van der Waals surface area contributed by atoms with Crippen LogP contribution in [0.15, 0.2) is 29.3 Å². The van der Waals surface area contributed by atoms with Crippen molar-refractivity contribution in [2.75, 3.05) is 47.4 Å². The molecule has 0 fully saturated rings. The van der Waals surface area contributed by atoms with Gasteiger partial charge in [0.1, 0.15) is 12.4 Å². The van der Waals surface area contributed by atoms with Gasteiger partial charge >= 0.3 is 0 Å². The van der Waals surface area contributed by atoms with Crippen LogP contribution in [0.25, 0.3) is 0 Å². The van der Waals surface area contributed by atoms with Crippen molar-refractivity contribution < 1.29 is 13.9 Å². The van der Waals surface area contributed by atoms with Gasteiger partial charge in [-0.05, 0) is 17.7 Å². The number of hydrogen-bond donors (Lipinski definition) is 2. The molecule has 2 N–H and O–H groups in total. The largest absolute Gasteiger partial charge is 0.383 e. The third-order valence-corrected chi connectivity index (χ3v) is 3.77. The van der Waals surface area contributed by atoms with Gasteiger partial charge in [0, 0.05) is 39.7 Å². The third kappa shape index (κ3) is 8.79. The summed E-state index contributed by atoms with van der Waals surface area (Å²) >= 11 is 0. The normalized spacial score (nSPS) is 11.5. The number of guanidine groups is 1. The number of ether oxygens (including phenoxy) is 1. The van der Waals surface area contributed by atoms with Crippen LogP contribution in [0, 0.1) is 5.82 Å². The second-order valence-corrected chi connectivity index (χ2v) is 6.62. The van der Waals surface area contributed by atoms with Crippen molar-refractivity contribution in [2.24, 2.45) is 4.99 Å². The Kier molecular flexibility index (Phi) is 11.4. The molecule has 0 aliphatic rings. The number of nitrogens with one attached hydrogen (secondary N) is 2. The summed E-state index contributed by atoms with van der Waals surface area (Å²) in [4.78, 5) is 17.5. The number of hydrogen-bond acceptors (Lipinski definition) is 3. The summed E-state index contributed by atoms with van der Waals surface area (Å²) in [5.74, 6) is 0.184. The maximum Gasteiger partial charge on any atom is 0.243 e. The molecular formula is C18H30FIN4O2. The highest BCUT2D eigenvalue weighted by Gasteiger charge is 2.21. The van der Waals surface area contributed by atoms with E-state index >= 15 is 0 Å². The van der Waals surface area contributed by atoms with Crippen molar-refractivity contribution in [3.63, 3.8) is 0 Å². The number of carbonyl (C=O) groups excluding carboxylic acids is 1. The molecule has 1 aromatic carbocycles. The molecule has 0 unspecified atom stereocenters. The lowest BCUT2D eigenvalue weighted by molar-refractivity contribution is -0.127. The molecule has 6 nitrogen and oxygen atoms in total. The number of nitrogens with zero attached hydrogens (tertiary/aromatic N) is 2. The van der Waals surface area contributed by atoms with Gasteiger partial charge in [0.05, 0.1) is 6.61 Å². The minimum Gasteiger partial charge on any atom is -0.383 e. The van der Waals surface area contributed by atoms with E-state index in [9.17, 15) is 9.18 Å². The van der Waals surface area contributed by atoms with Gasteiger partial charge in [-0.15, -0.1) is 24.0 Å². The first-order chi connectivity index (χ1) is 11.8. The standard InChI is InChI=1S/C18H29FN4O2.HI/c1-18(2,14-7-6-8-15(19)11-14)13-22-17(20-9-10-25-5)21-12-16(24)23(3)4;/h6-8,11H,9-10,12-13H2,1-5H3,(H2,20,21,22);1H. The Morgan fingerprint density at radius 1 is 1.31 bits per heavy atom. The van der Waals surface area contributed by atoms with Crippen LogP contribution in [-0.2, 0) is 14.9 Å². The van der Waals surface area contributed by atoms with Crippen molar-refractivity contribution in [3.8, 4) is 0 Å². The number of amides is 1. The molecule has 8 heteroatoms. The molecule has 0 aliphatic heterocycles. The lowest BCUT2D eigenvalue weighted by Crippen LogP contribution is -2.45. The Balaban J connectivity index is 0.00000625. The van der Waals surface area contributed by atoms with E-state index in [1.54, 1.807) is 27.3 Å². The van der Waals surface area contributed by atoms with E-state index in [-0.39, 0.29) is 47.7 Å². The van der Waals surface area contributed by atoms with Crippen LogP contribution in [0.1, 0.15) is 19.4 Å². The summed E-state index contributed by atoms with van der Waals surface area (Å²) < 4.78 is 18.5. The Morgan fingerprint density at radius 2 is 2.00 bits per heavy atom. The van der Waals surface area contributed by atoms with Gasteiger partial charge in [-0.25, -0.2) is 9.38 Å². The number of halogens is 2. The second kappa shape index (κ2) is 12.1. The first-order valence-corrected chi connectivity index (χ1v) is 8.23. The first-order valence-electron chi connectivity index (χ1n) is 8.23. The zero-order chi connectivity index (χ0) is 18.9. The summed E-state index contributed by atoms with van der Waals surface area (Å²) in [6, 6.07) is 6.56. The summed E-state index contributed by atoms with van der Waals surface area (Å²) in [5, 5.41) is 6.34. The van der Waals surface area contributed by atoms with Crippen molar-refractivity contribution in [3.05, 3.63) is 35.6 Å². The van der Waals surface area contributed by atoms with Crippen LogP contribution in [-0.4, -0.2) is 64.2 Å². The fourth-order valence-electron chi connectivity index (χ4n) is 2.05. The quantitative estimate of drug-likeness (QED) is 0.259. The Hall–Kier alpha value is -1.42. The molecule has 1 amide bonds. The fourth-order valence-corrected chi connectivity index (χ4v) is 2.05. The molecule has 0 aromatic heterocycles. The summed E-state index contributed by atoms with van der Waals surface area (Å²) in [5.41, 5.74) is 0.581. The Labute approximate surface area is 172 Å². The highest BCUT2D eigenvalue weighted by atomic mass is 127. The number of carbonyl (C=O) groups is 1. The highest BCUT2D eigenvalue weighted by molar-refractivity contribution is 14.0. The van der Waals surface area contributed by atoms with E-state index in [0.29, 0.717) is 25.7 Å². The lowest BCUT2D eigenvalue weighted by atomic mass is 9.84. The monoisotopic (exact) mass is 480 g/mol. The molecule has 0 saturated heterocycles. The topological polar surface area (TPSA) is 66.0 Å². The lowest BCUT2D eigenvalue weighted by Gasteiger charge is -2.27. The van der Waals surface area contributed by atoms with Gasteiger partial charge in [-0.2, -0.15) is 0 Å². The number of likely N-dealkylation sites (N-methyl/N-ethyl adjacent to an activating group) is 1. The molecule has 0 radical (unpaired) electrons. The summed E-state index contributed by atoms with van der Waals surface area (Å²) in [6.45, 7) is 5.72. The molecular weight excluding hydrogens is 450 g/mol. The number of aliphatic imine (C=N–C) groups is 1. The molecule has 0 saturated carbocycles. The van der Waals surface area contributed by atoms with Crippen LogP contribution in [0.5, 0.6) is 0 Å². The molecule has 1 rings (SSSR count). The molecule has 0 spiro atoms. The first kappa shape index (κ1) is 24.6. The Bertz CT molecular complexity index is 594. The van der Waals surface area contributed by atoms with Gasteiger partial charge in [0.25, 0.3) is 0 Å². The van der Waals surface area contributed by atoms with E-state index in [1.807, 2.05) is 19.9 Å². The van der Waals surface area contributed by atoms with Crippen LogP contribution in [0.2, 0.25) is 0 Å². The zero-order valence-corrected chi connectivity index (χ0v) is 18.5. The molecule has 148 valence electrons. The van der Waals surface area contributed by atoms with Gasteiger partial charge in [0.15, 0.2) is 5.96 Å². The minimum atomic E-state index is -0.308. The average molecular weight is 480 g/mol. The SMILES string of the molecule is COCCNC(=NCC(=O)N(C)C)NCC(C)(C)c1cccc(F)c1.I. The average Bonchev–Trinajstić information content (AvgIpc) is 2.56. The van der Waals surface area contributed by atoms with E-state index < -0.39 is 0 Å². The zero-order valence-electron chi connectivity index (χ0n) is 16.1. The van der Waals surface area contributed by atoms with E-state index in [1.165, 1.54) is 17.0 Å². The number of rotatable bonds is 8. The highest BCUT2D eigenvalue weighted by Crippen LogP contribution is 2.22. The van der Waals surface area contributed by atoms with Crippen molar-refractivity contribution in [2.45, 2.75) is 19.3 Å². The van der Waals surface area contributed by atoms with Crippen LogP contribution in [0.4, 0.5) is 4.39 Å². The smallest absolute Gasteiger partial charge is 0.243 e. The molecule has 0 heterocycles. The van der Waals surface area contributed by atoms with E-state index in [0.717, 1.165) is 5.56 Å². The molecule has 0 atom stereocenters. The van der Waals surface area contributed by atoms with Crippen molar-refractivity contribution in [1.82, 2.24) is 15.5 Å². The summed E-state index contributed by atoms with van der Waals surface area (Å²) in [6.07, 6.45) is 0. The van der Waals surface area contributed by atoms with Gasteiger partial charge < -0.3 is 20.3 Å². The predicted molar refractivity (Wildman–Crippen MR) is 114 cm³/mol. The fraction of sp³-hybridized carbons (Fsp3) is 0.556. The predicted octanol–water partition coefficient (Wildman–Crippen LogP) is 1.99. The third-order valence-electron chi connectivity index (χ3n) is 3.77. The van der Waals surface area contributed by atoms with Crippen molar-refractivity contribution >= 4 is 35.8 Å². The molecule has 26 heavy (non-hydrogen) atoms. The summed E-state index contributed by atoms with van der Waals surface area (Å²) in [7, 11) is 5.00. The van der Waals surface area contributed by atoms with Crippen LogP contribution < -0.4 is 10.6 Å². The maximum atomic E-state index is 13.5. The van der Waals surface area contributed by atoms with Gasteiger partial charge in [0.2, 0.25) is 5.91 Å². The molecule has 1 aromatic rings. The Morgan fingerprint density at radius 3 is 2.58 bits per heavy atom.